The molecule has 0 aromatic heterocycles. The lowest BCUT2D eigenvalue weighted by Crippen LogP contribution is -2.36. The number of hydrogen-bond acceptors (Lipinski definition) is 3. The summed E-state index contributed by atoms with van der Waals surface area (Å²) in [7, 11) is 0. The van der Waals surface area contributed by atoms with Crippen molar-refractivity contribution >= 4 is 23.6 Å². The van der Waals surface area contributed by atoms with Gasteiger partial charge >= 0.3 is 6.03 Å². The average molecular weight is 173 g/mol. The van der Waals surface area contributed by atoms with Crippen molar-refractivity contribution in [2.75, 3.05) is 12.0 Å². The molecule has 0 aliphatic carbocycles. The fourth-order valence-electron chi connectivity index (χ4n) is 0.906. The van der Waals surface area contributed by atoms with Crippen LogP contribution in [0.3, 0.4) is 0 Å². The number of nitrogens with zero attached hydrogens (tertiary/aromatic N) is 1. The summed E-state index contributed by atoms with van der Waals surface area (Å²) in [6.45, 7) is 0. The predicted octanol–water partition coefficient (Wildman–Crippen LogP) is 0.189. The van der Waals surface area contributed by atoms with Crippen LogP contribution in [0.5, 0.6) is 0 Å². The molecule has 0 aromatic carbocycles. The number of carbonyl (C=O) groups is 1. The molecule has 1 heterocycles. The van der Waals surface area contributed by atoms with Gasteiger partial charge < -0.3 is 11.1 Å². The Kier molecular flexibility index (Phi) is 2.76. The second-order valence-corrected chi connectivity index (χ2v) is 3.31. The van der Waals surface area contributed by atoms with E-state index in [2.05, 4.69) is 10.3 Å². The lowest BCUT2D eigenvalue weighted by molar-refractivity contribution is 0.250. The first-order chi connectivity index (χ1) is 5.24. The zero-order valence-electron chi connectivity index (χ0n) is 6.33. The topological polar surface area (TPSA) is 67.5 Å². The number of nitrogens with one attached hydrogen (secondary N) is 1. The molecule has 0 saturated heterocycles. The Morgan fingerprint density at radius 2 is 2.55 bits per heavy atom. The van der Waals surface area contributed by atoms with Crippen LogP contribution >= 0.6 is 11.8 Å². The summed E-state index contributed by atoms with van der Waals surface area (Å²) in [6, 6.07) is -0.344. The molecule has 1 atom stereocenters. The Morgan fingerprint density at radius 3 is 3.00 bits per heavy atom. The molecule has 1 aliphatic rings. The summed E-state index contributed by atoms with van der Waals surface area (Å²) >= 11 is 1.73. The quantitative estimate of drug-likeness (QED) is 0.640. The van der Waals surface area contributed by atoms with Gasteiger partial charge in [0.25, 0.3) is 0 Å². The van der Waals surface area contributed by atoms with E-state index in [1.165, 1.54) is 0 Å². The van der Waals surface area contributed by atoms with Gasteiger partial charge in [-0.05, 0) is 18.4 Å². The van der Waals surface area contributed by atoms with Crippen LogP contribution in [-0.4, -0.2) is 29.9 Å². The first kappa shape index (κ1) is 8.39. The van der Waals surface area contributed by atoms with Gasteiger partial charge in [-0.2, -0.15) is 16.8 Å². The monoisotopic (exact) mass is 173 g/mol. The highest BCUT2D eigenvalue weighted by Gasteiger charge is 2.22. The molecule has 1 aliphatic heterocycles. The minimum absolute atomic E-state index is 0.0325. The van der Waals surface area contributed by atoms with E-state index in [9.17, 15) is 4.79 Å². The van der Waals surface area contributed by atoms with E-state index in [-0.39, 0.29) is 12.1 Å². The van der Waals surface area contributed by atoms with Gasteiger partial charge in [0.05, 0.1) is 6.04 Å². The number of amidine groups is 1. The first-order valence-electron chi connectivity index (χ1n) is 3.37. The van der Waals surface area contributed by atoms with Crippen LogP contribution in [0.4, 0.5) is 4.79 Å². The Morgan fingerprint density at radius 1 is 1.82 bits per heavy atom. The third-order valence-electron chi connectivity index (χ3n) is 1.50. The third kappa shape index (κ3) is 2.11. The van der Waals surface area contributed by atoms with E-state index in [1.54, 1.807) is 11.8 Å². The van der Waals surface area contributed by atoms with Crippen molar-refractivity contribution in [3.05, 3.63) is 0 Å². The minimum atomic E-state index is -0.311. The van der Waals surface area contributed by atoms with Crippen LogP contribution in [0, 0.1) is 0 Å². The summed E-state index contributed by atoms with van der Waals surface area (Å²) in [5, 5.41) is 2.66. The Labute approximate surface area is 69.6 Å². The number of aliphatic imine (C=N–C) groups is 1. The van der Waals surface area contributed by atoms with Gasteiger partial charge in [0.15, 0.2) is 0 Å². The fraction of sp³-hybridized carbons (Fsp3) is 0.667. The van der Waals surface area contributed by atoms with E-state index in [0.29, 0.717) is 5.84 Å². The molecule has 1 unspecified atom stereocenters. The number of rotatable bonds is 3. The van der Waals surface area contributed by atoms with Gasteiger partial charge in [-0.3, -0.25) is 0 Å². The van der Waals surface area contributed by atoms with Crippen LogP contribution in [0.1, 0.15) is 6.42 Å². The van der Waals surface area contributed by atoms with Crippen molar-refractivity contribution in [3.63, 3.8) is 0 Å². The van der Waals surface area contributed by atoms with Gasteiger partial charge in [-0.25, -0.2) is 4.79 Å². The van der Waals surface area contributed by atoms with Crippen LogP contribution in [-0.2, 0) is 0 Å². The summed E-state index contributed by atoms with van der Waals surface area (Å²) in [5.74, 6) is 1.41. The normalized spacial score (nSPS) is 23.2. The van der Waals surface area contributed by atoms with Crippen molar-refractivity contribution in [2.24, 2.45) is 10.7 Å². The average Bonchev–Trinajstić information content (AvgIpc) is 2.26. The van der Waals surface area contributed by atoms with Crippen molar-refractivity contribution in [1.29, 1.82) is 0 Å². The lowest BCUT2D eigenvalue weighted by atomic mass is 10.2. The second kappa shape index (κ2) is 3.61. The molecule has 0 spiro atoms. The molecule has 11 heavy (non-hydrogen) atoms. The Balaban J connectivity index is 2.38. The maximum absolute atomic E-state index is 10.6. The smallest absolute Gasteiger partial charge is 0.343 e. The number of nitrogens with two attached hydrogens (primary N) is 1. The van der Waals surface area contributed by atoms with Crippen LogP contribution in [0.25, 0.3) is 0 Å². The van der Waals surface area contributed by atoms with Gasteiger partial charge in [-0.1, -0.05) is 0 Å². The van der Waals surface area contributed by atoms with E-state index >= 15 is 0 Å². The van der Waals surface area contributed by atoms with Crippen LogP contribution in [0.2, 0.25) is 0 Å². The molecule has 2 amide bonds. The van der Waals surface area contributed by atoms with Gasteiger partial charge in [0, 0.05) is 0 Å². The molecule has 0 bridgehead atoms. The van der Waals surface area contributed by atoms with Crippen LogP contribution in [0.15, 0.2) is 4.99 Å². The molecular weight excluding hydrogens is 162 g/mol. The molecule has 0 saturated carbocycles. The van der Waals surface area contributed by atoms with Crippen molar-refractivity contribution in [1.82, 2.24) is 5.32 Å². The predicted molar refractivity (Wildman–Crippen MR) is 46.9 cm³/mol. The van der Waals surface area contributed by atoms with Gasteiger partial charge in [0.2, 0.25) is 0 Å². The lowest BCUT2D eigenvalue weighted by Gasteiger charge is -2.07. The SMILES string of the molecule is CSCCC1NC(=O)N=C1N. The van der Waals surface area contributed by atoms with Gasteiger partial charge in [0.1, 0.15) is 5.84 Å². The van der Waals surface area contributed by atoms with Crippen molar-refractivity contribution in [2.45, 2.75) is 12.5 Å². The third-order valence-corrected chi connectivity index (χ3v) is 2.14. The molecule has 5 heteroatoms. The highest BCUT2D eigenvalue weighted by atomic mass is 32.2. The molecule has 1 rings (SSSR count). The van der Waals surface area contributed by atoms with Crippen molar-refractivity contribution in [3.8, 4) is 0 Å². The molecular formula is C6H11N3OS. The highest BCUT2D eigenvalue weighted by molar-refractivity contribution is 7.98. The minimum Gasteiger partial charge on any atom is -0.385 e. The van der Waals surface area contributed by atoms with E-state index < -0.39 is 0 Å². The van der Waals surface area contributed by atoms with Crippen LogP contribution < -0.4 is 11.1 Å². The maximum Gasteiger partial charge on any atom is 0.343 e. The number of urea groups is 1. The summed E-state index contributed by atoms with van der Waals surface area (Å²) in [6.07, 6.45) is 2.88. The standard InChI is InChI=1S/C6H11N3OS/c1-11-3-2-4-5(7)9-6(10)8-4/h4H,2-3H2,1H3,(H3,7,8,9,10). The van der Waals surface area contributed by atoms with E-state index in [0.717, 1.165) is 12.2 Å². The number of amides is 2. The molecule has 62 valence electrons. The summed E-state index contributed by atoms with van der Waals surface area (Å²) in [4.78, 5) is 14.2. The highest BCUT2D eigenvalue weighted by Crippen LogP contribution is 2.04. The number of thioether (sulfide) groups is 1. The molecule has 4 nitrogen and oxygen atoms in total. The summed E-state index contributed by atoms with van der Waals surface area (Å²) in [5.41, 5.74) is 5.47. The zero-order chi connectivity index (χ0) is 8.27. The Hall–Kier alpha value is -0.710. The maximum atomic E-state index is 10.6. The fourth-order valence-corrected chi connectivity index (χ4v) is 1.38. The molecule has 0 aromatic rings. The Bertz CT molecular complexity index is 192. The second-order valence-electron chi connectivity index (χ2n) is 2.32. The number of carbonyl (C=O) groups excluding carboxylic acids is 1. The van der Waals surface area contributed by atoms with E-state index in [1.807, 2.05) is 6.26 Å². The largest absolute Gasteiger partial charge is 0.385 e. The molecule has 0 fully saturated rings. The summed E-state index contributed by atoms with van der Waals surface area (Å²) < 4.78 is 0. The number of hydrogen-bond donors (Lipinski definition) is 2. The first-order valence-corrected chi connectivity index (χ1v) is 4.77. The zero-order valence-corrected chi connectivity index (χ0v) is 7.15. The van der Waals surface area contributed by atoms with Crippen molar-refractivity contribution < 1.29 is 4.79 Å². The molecule has 0 radical (unpaired) electrons. The molecule has 3 N–H and O–H groups in total. The van der Waals surface area contributed by atoms with Gasteiger partial charge in [-0.15, -0.1) is 0 Å². The van der Waals surface area contributed by atoms with E-state index in [4.69, 9.17) is 5.73 Å².